The predicted molar refractivity (Wildman–Crippen MR) is 116 cm³/mol. The molecule has 0 spiro atoms. The predicted octanol–water partition coefficient (Wildman–Crippen LogP) is 4.03. The maximum absolute atomic E-state index is 12.7. The highest BCUT2D eigenvalue weighted by Crippen LogP contribution is 2.26. The normalized spacial score (nSPS) is 16.7. The van der Waals surface area contributed by atoms with Crippen molar-refractivity contribution >= 4 is 29.1 Å². The average molecular weight is 420 g/mol. The van der Waals surface area contributed by atoms with Gasteiger partial charge in [0, 0.05) is 39.1 Å². The molecular weight excluding hydrogens is 393 g/mol. The van der Waals surface area contributed by atoms with Gasteiger partial charge in [0.25, 0.3) is 0 Å². The van der Waals surface area contributed by atoms with Crippen molar-refractivity contribution in [1.82, 2.24) is 15.1 Å². The number of halogens is 2. The number of carbonyl (C=O) groups is 1. The first-order chi connectivity index (χ1) is 13.5. The van der Waals surface area contributed by atoms with Crippen molar-refractivity contribution < 1.29 is 4.79 Å². The third-order valence-corrected chi connectivity index (χ3v) is 6.08. The van der Waals surface area contributed by atoms with Crippen LogP contribution in [0.4, 0.5) is 0 Å². The van der Waals surface area contributed by atoms with Gasteiger partial charge in [-0.15, -0.1) is 0 Å². The molecule has 150 valence electrons. The zero-order valence-corrected chi connectivity index (χ0v) is 17.7. The van der Waals surface area contributed by atoms with Gasteiger partial charge >= 0.3 is 0 Å². The van der Waals surface area contributed by atoms with Crippen molar-refractivity contribution in [2.45, 2.75) is 18.9 Å². The summed E-state index contributed by atoms with van der Waals surface area (Å²) in [7, 11) is 2.15. The smallest absolute Gasteiger partial charge is 0.220 e. The van der Waals surface area contributed by atoms with E-state index in [-0.39, 0.29) is 11.9 Å². The number of hydrogen-bond acceptors (Lipinski definition) is 3. The Hall–Kier alpha value is -1.59. The molecule has 1 unspecified atom stereocenters. The molecule has 1 amide bonds. The Kier molecular flexibility index (Phi) is 7.74. The number of nitrogens with one attached hydrogen (secondary N) is 1. The molecule has 3 rings (SSSR count). The van der Waals surface area contributed by atoms with E-state index in [9.17, 15) is 4.79 Å². The van der Waals surface area contributed by atoms with Gasteiger partial charge in [0.1, 0.15) is 0 Å². The van der Waals surface area contributed by atoms with Crippen LogP contribution in [0.15, 0.2) is 48.5 Å². The first-order valence-corrected chi connectivity index (χ1v) is 10.5. The molecule has 1 heterocycles. The molecule has 1 N–H and O–H groups in total. The van der Waals surface area contributed by atoms with E-state index in [0.29, 0.717) is 22.9 Å². The van der Waals surface area contributed by atoms with Gasteiger partial charge in [-0.3, -0.25) is 9.69 Å². The van der Waals surface area contributed by atoms with Crippen LogP contribution < -0.4 is 5.32 Å². The van der Waals surface area contributed by atoms with Crippen LogP contribution >= 0.6 is 23.2 Å². The first-order valence-electron chi connectivity index (χ1n) is 9.71. The molecular formula is C22H27Cl2N3O. The number of nitrogens with zero attached hydrogens (tertiary/aromatic N) is 2. The summed E-state index contributed by atoms with van der Waals surface area (Å²) in [6.45, 7) is 4.98. The van der Waals surface area contributed by atoms with Crippen molar-refractivity contribution in [3.05, 3.63) is 69.7 Å². The second kappa shape index (κ2) is 10.3. The fourth-order valence-electron chi connectivity index (χ4n) is 3.46. The fraction of sp³-hybridized carbons (Fsp3) is 0.409. The van der Waals surface area contributed by atoms with Crippen molar-refractivity contribution in [1.29, 1.82) is 0 Å². The highest BCUT2D eigenvalue weighted by atomic mass is 35.5. The van der Waals surface area contributed by atoms with Crippen molar-refractivity contribution in [2.24, 2.45) is 0 Å². The molecule has 0 saturated carbocycles. The SMILES string of the molecule is CN1CCN(CC(NC(=O)CCc2cccc(Cl)c2Cl)c2ccccc2)CC1. The molecule has 28 heavy (non-hydrogen) atoms. The quantitative estimate of drug-likeness (QED) is 0.735. The monoisotopic (exact) mass is 419 g/mol. The van der Waals surface area contributed by atoms with Gasteiger partial charge in [-0.1, -0.05) is 65.7 Å². The lowest BCUT2D eigenvalue weighted by Gasteiger charge is -2.35. The lowest BCUT2D eigenvalue weighted by Crippen LogP contribution is -2.47. The molecule has 0 bridgehead atoms. The van der Waals surface area contributed by atoms with Crippen molar-refractivity contribution in [2.75, 3.05) is 39.8 Å². The van der Waals surface area contributed by atoms with Crippen LogP contribution in [-0.4, -0.2) is 55.5 Å². The zero-order valence-electron chi connectivity index (χ0n) is 16.2. The number of likely N-dealkylation sites (N-methyl/N-ethyl adjacent to an activating group) is 1. The third-order valence-electron chi connectivity index (χ3n) is 5.23. The van der Waals surface area contributed by atoms with E-state index in [1.807, 2.05) is 30.3 Å². The van der Waals surface area contributed by atoms with Gasteiger partial charge in [-0.2, -0.15) is 0 Å². The Morgan fingerprint density at radius 3 is 2.46 bits per heavy atom. The molecule has 0 radical (unpaired) electrons. The highest BCUT2D eigenvalue weighted by molar-refractivity contribution is 6.42. The minimum absolute atomic E-state index is 0.0214. The summed E-state index contributed by atoms with van der Waals surface area (Å²) in [5.74, 6) is 0.0269. The Bertz CT molecular complexity index is 777. The van der Waals surface area contributed by atoms with Gasteiger partial charge in [-0.05, 0) is 30.7 Å². The maximum Gasteiger partial charge on any atom is 0.220 e. The molecule has 1 aliphatic rings. The van der Waals surface area contributed by atoms with Crippen LogP contribution in [0, 0.1) is 0 Å². The van der Waals surface area contributed by atoms with Crippen molar-refractivity contribution in [3.8, 4) is 0 Å². The topological polar surface area (TPSA) is 35.6 Å². The second-order valence-corrected chi connectivity index (χ2v) is 8.13. The number of aryl methyl sites for hydroxylation is 1. The van der Waals surface area contributed by atoms with E-state index < -0.39 is 0 Å². The first kappa shape index (κ1) is 21.1. The summed E-state index contributed by atoms with van der Waals surface area (Å²) >= 11 is 12.3. The molecule has 1 saturated heterocycles. The van der Waals surface area contributed by atoms with Gasteiger partial charge in [0.15, 0.2) is 0 Å². The van der Waals surface area contributed by atoms with Crippen LogP contribution in [0.5, 0.6) is 0 Å². The molecule has 2 aromatic rings. The lowest BCUT2D eigenvalue weighted by molar-refractivity contribution is -0.122. The minimum Gasteiger partial charge on any atom is -0.348 e. The van der Waals surface area contributed by atoms with E-state index in [1.54, 1.807) is 6.07 Å². The number of piperazine rings is 1. The Balaban J connectivity index is 1.61. The fourth-order valence-corrected chi connectivity index (χ4v) is 3.88. The maximum atomic E-state index is 12.7. The second-order valence-electron chi connectivity index (χ2n) is 7.35. The molecule has 6 heteroatoms. The zero-order chi connectivity index (χ0) is 19.9. The molecule has 0 aliphatic carbocycles. The Morgan fingerprint density at radius 1 is 1.04 bits per heavy atom. The minimum atomic E-state index is -0.0214. The molecule has 1 aliphatic heterocycles. The van der Waals surface area contributed by atoms with Gasteiger partial charge in [0.05, 0.1) is 16.1 Å². The molecule has 2 aromatic carbocycles. The average Bonchev–Trinajstić information content (AvgIpc) is 2.71. The third kappa shape index (κ3) is 5.95. The summed E-state index contributed by atoms with van der Waals surface area (Å²) in [5, 5.41) is 4.29. The van der Waals surface area contributed by atoms with E-state index in [2.05, 4.69) is 34.3 Å². The van der Waals surface area contributed by atoms with E-state index in [1.165, 1.54) is 0 Å². The Morgan fingerprint density at radius 2 is 1.75 bits per heavy atom. The van der Waals surface area contributed by atoms with Crippen molar-refractivity contribution in [3.63, 3.8) is 0 Å². The van der Waals surface area contributed by atoms with Crippen LogP contribution in [0.3, 0.4) is 0 Å². The highest BCUT2D eigenvalue weighted by Gasteiger charge is 2.21. The van der Waals surface area contributed by atoms with Gasteiger partial charge in [0.2, 0.25) is 5.91 Å². The number of carbonyl (C=O) groups excluding carboxylic acids is 1. The summed E-state index contributed by atoms with van der Waals surface area (Å²) in [6.07, 6.45) is 0.952. The Labute approximate surface area is 177 Å². The molecule has 0 aromatic heterocycles. The molecule has 1 atom stereocenters. The standard InChI is InChI=1S/C22H27Cl2N3O/c1-26-12-14-27(15-13-26)16-20(17-6-3-2-4-7-17)25-21(28)11-10-18-8-5-9-19(23)22(18)24/h2-9,20H,10-16H2,1H3,(H,25,28). The summed E-state index contributed by atoms with van der Waals surface area (Å²) in [4.78, 5) is 17.4. The largest absolute Gasteiger partial charge is 0.348 e. The molecule has 4 nitrogen and oxygen atoms in total. The number of amides is 1. The number of rotatable bonds is 7. The lowest BCUT2D eigenvalue weighted by atomic mass is 10.0. The summed E-state index contributed by atoms with van der Waals surface area (Å²) < 4.78 is 0. The summed E-state index contributed by atoms with van der Waals surface area (Å²) in [5.41, 5.74) is 2.04. The summed E-state index contributed by atoms with van der Waals surface area (Å²) in [6, 6.07) is 15.7. The van der Waals surface area contributed by atoms with Crippen LogP contribution in [0.2, 0.25) is 10.0 Å². The van der Waals surface area contributed by atoms with Crippen LogP contribution in [-0.2, 0) is 11.2 Å². The molecule has 1 fully saturated rings. The van der Waals surface area contributed by atoms with E-state index >= 15 is 0 Å². The van der Waals surface area contributed by atoms with E-state index in [0.717, 1.165) is 43.9 Å². The van der Waals surface area contributed by atoms with Crippen LogP contribution in [0.25, 0.3) is 0 Å². The number of benzene rings is 2. The van der Waals surface area contributed by atoms with Crippen LogP contribution in [0.1, 0.15) is 23.6 Å². The van der Waals surface area contributed by atoms with Gasteiger partial charge in [-0.25, -0.2) is 0 Å². The number of hydrogen-bond donors (Lipinski definition) is 1. The van der Waals surface area contributed by atoms with E-state index in [4.69, 9.17) is 23.2 Å². The van der Waals surface area contributed by atoms with Gasteiger partial charge < -0.3 is 10.2 Å².